The van der Waals surface area contributed by atoms with Crippen molar-refractivity contribution in [1.82, 2.24) is 4.98 Å². The van der Waals surface area contributed by atoms with Gasteiger partial charge >= 0.3 is 0 Å². The van der Waals surface area contributed by atoms with Gasteiger partial charge in [0.1, 0.15) is 5.76 Å². The molecule has 16 heavy (non-hydrogen) atoms. The van der Waals surface area contributed by atoms with Crippen LogP contribution in [0.2, 0.25) is 0 Å². The molecule has 90 valence electrons. The second kappa shape index (κ2) is 5.46. The van der Waals surface area contributed by atoms with Gasteiger partial charge in [-0.25, -0.2) is 4.98 Å². The molecule has 0 aliphatic carbocycles. The number of rotatable bonds is 4. The normalized spacial score (nSPS) is 19.9. The fourth-order valence-corrected chi connectivity index (χ4v) is 2.05. The first-order valence-electron chi connectivity index (χ1n) is 6.01. The lowest BCUT2D eigenvalue weighted by Crippen LogP contribution is -2.18. The molecule has 0 saturated carbocycles. The zero-order chi connectivity index (χ0) is 11.4. The lowest BCUT2D eigenvalue weighted by Gasteiger charge is -2.20. The molecule has 0 amide bonds. The average molecular weight is 224 g/mol. The summed E-state index contributed by atoms with van der Waals surface area (Å²) in [4.78, 5) is 4.30. The van der Waals surface area contributed by atoms with Crippen LogP contribution in [0.3, 0.4) is 0 Å². The van der Waals surface area contributed by atoms with Crippen molar-refractivity contribution in [1.29, 1.82) is 0 Å². The Hall–Kier alpha value is -0.870. The smallest absolute Gasteiger partial charge is 0.194 e. The quantitative estimate of drug-likeness (QED) is 0.842. The first kappa shape index (κ1) is 11.6. The first-order chi connectivity index (χ1) is 7.74. The molecule has 1 aromatic heterocycles. The number of aromatic nitrogens is 1. The third-order valence-corrected chi connectivity index (χ3v) is 2.93. The van der Waals surface area contributed by atoms with E-state index >= 15 is 0 Å². The van der Waals surface area contributed by atoms with Crippen LogP contribution < -0.4 is 5.73 Å². The molecule has 0 spiro atoms. The molecular weight excluding hydrogens is 204 g/mol. The molecule has 1 aliphatic heterocycles. The van der Waals surface area contributed by atoms with Crippen LogP contribution in [-0.4, -0.2) is 24.2 Å². The molecule has 2 N–H and O–H groups in total. The van der Waals surface area contributed by atoms with Crippen molar-refractivity contribution in [2.75, 3.05) is 13.2 Å². The second-order valence-electron chi connectivity index (χ2n) is 4.66. The van der Waals surface area contributed by atoms with E-state index in [-0.39, 0.29) is 6.04 Å². The summed E-state index contributed by atoms with van der Waals surface area (Å²) in [6, 6.07) is 0.129. The van der Waals surface area contributed by atoms with Crippen molar-refractivity contribution in [3.05, 3.63) is 17.8 Å². The topological polar surface area (TPSA) is 61.3 Å². The summed E-state index contributed by atoms with van der Waals surface area (Å²) in [5, 5.41) is 0. The minimum Gasteiger partial charge on any atom is -0.446 e. The molecule has 1 unspecified atom stereocenters. The first-order valence-corrected chi connectivity index (χ1v) is 6.01. The molecule has 1 atom stereocenters. The third-order valence-electron chi connectivity index (χ3n) is 2.93. The van der Waals surface area contributed by atoms with E-state index in [1.54, 1.807) is 6.20 Å². The summed E-state index contributed by atoms with van der Waals surface area (Å²) in [6.45, 7) is 3.72. The second-order valence-corrected chi connectivity index (χ2v) is 4.66. The fraction of sp³-hybridized carbons (Fsp3) is 0.750. The maximum atomic E-state index is 5.71. The van der Waals surface area contributed by atoms with Crippen molar-refractivity contribution < 1.29 is 9.15 Å². The molecule has 1 fully saturated rings. The number of hydrogen-bond donors (Lipinski definition) is 1. The van der Waals surface area contributed by atoms with Gasteiger partial charge in [0.15, 0.2) is 5.89 Å². The van der Waals surface area contributed by atoms with Gasteiger partial charge in [-0.15, -0.1) is 0 Å². The van der Waals surface area contributed by atoms with E-state index in [1.165, 1.54) is 0 Å². The Balaban J connectivity index is 1.86. The Bertz CT molecular complexity index is 317. The number of hydrogen-bond acceptors (Lipinski definition) is 4. The van der Waals surface area contributed by atoms with Gasteiger partial charge in [-0.2, -0.15) is 0 Å². The molecule has 1 aliphatic rings. The molecule has 2 heterocycles. The van der Waals surface area contributed by atoms with Crippen LogP contribution >= 0.6 is 0 Å². The number of oxazole rings is 1. The van der Waals surface area contributed by atoms with Crippen LogP contribution in [-0.2, 0) is 17.6 Å². The van der Waals surface area contributed by atoms with E-state index < -0.39 is 0 Å². The van der Waals surface area contributed by atoms with Gasteiger partial charge in [0.05, 0.1) is 6.20 Å². The van der Waals surface area contributed by atoms with Crippen LogP contribution in [0.1, 0.15) is 31.4 Å². The van der Waals surface area contributed by atoms with Crippen molar-refractivity contribution in [2.45, 2.75) is 38.6 Å². The number of nitrogens with two attached hydrogens (primary N) is 1. The Labute approximate surface area is 96.2 Å². The van der Waals surface area contributed by atoms with E-state index in [0.29, 0.717) is 5.92 Å². The standard InChI is InChI=1S/C12H20N2O2/c1-9(13)6-11-8-14-12(16-11)7-10-2-4-15-5-3-10/h8-10H,2-7,13H2,1H3. The van der Waals surface area contributed by atoms with E-state index in [4.69, 9.17) is 14.9 Å². The van der Waals surface area contributed by atoms with Gasteiger partial charge in [0, 0.05) is 32.1 Å². The Morgan fingerprint density at radius 3 is 2.94 bits per heavy atom. The zero-order valence-corrected chi connectivity index (χ0v) is 9.82. The summed E-state index contributed by atoms with van der Waals surface area (Å²) in [6.07, 6.45) is 5.73. The fourth-order valence-electron chi connectivity index (χ4n) is 2.05. The molecule has 0 aromatic carbocycles. The monoisotopic (exact) mass is 224 g/mol. The molecule has 0 bridgehead atoms. The molecule has 1 aromatic rings. The Morgan fingerprint density at radius 2 is 2.25 bits per heavy atom. The lowest BCUT2D eigenvalue weighted by molar-refractivity contribution is 0.0646. The Morgan fingerprint density at radius 1 is 1.50 bits per heavy atom. The van der Waals surface area contributed by atoms with Gasteiger partial charge in [-0.05, 0) is 25.7 Å². The predicted octanol–water partition coefficient (Wildman–Crippen LogP) is 1.53. The molecule has 1 saturated heterocycles. The SMILES string of the molecule is CC(N)Cc1cnc(CC2CCOCC2)o1. The van der Waals surface area contributed by atoms with E-state index in [2.05, 4.69) is 4.98 Å². The van der Waals surface area contributed by atoms with E-state index in [0.717, 1.165) is 50.5 Å². The minimum atomic E-state index is 0.129. The summed E-state index contributed by atoms with van der Waals surface area (Å²) in [5.74, 6) is 2.41. The van der Waals surface area contributed by atoms with E-state index in [1.807, 2.05) is 6.92 Å². The molecule has 4 nitrogen and oxygen atoms in total. The highest BCUT2D eigenvalue weighted by molar-refractivity contribution is 4.97. The van der Waals surface area contributed by atoms with E-state index in [9.17, 15) is 0 Å². The third kappa shape index (κ3) is 3.32. The van der Waals surface area contributed by atoms with Crippen LogP contribution in [0.5, 0.6) is 0 Å². The van der Waals surface area contributed by atoms with Gasteiger partial charge < -0.3 is 14.9 Å². The van der Waals surface area contributed by atoms with Gasteiger partial charge in [-0.3, -0.25) is 0 Å². The summed E-state index contributed by atoms with van der Waals surface area (Å²) in [5.41, 5.74) is 5.71. The zero-order valence-electron chi connectivity index (χ0n) is 9.82. The highest BCUT2D eigenvalue weighted by Crippen LogP contribution is 2.20. The molecular formula is C12H20N2O2. The lowest BCUT2D eigenvalue weighted by atomic mass is 9.97. The number of ether oxygens (including phenoxy) is 1. The van der Waals surface area contributed by atoms with Crippen LogP contribution in [0, 0.1) is 5.92 Å². The number of nitrogens with zero attached hydrogens (tertiary/aromatic N) is 1. The van der Waals surface area contributed by atoms with Gasteiger partial charge in [0.25, 0.3) is 0 Å². The van der Waals surface area contributed by atoms with Gasteiger partial charge in [-0.1, -0.05) is 0 Å². The maximum Gasteiger partial charge on any atom is 0.194 e. The Kier molecular flexibility index (Phi) is 3.96. The summed E-state index contributed by atoms with van der Waals surface area (Å²) in [7, 11) is 0. The highest BCUT2D eigenvalue weighted by atomic mass is 16.5. The summed E-state index contributed by atoms with van der Waals surface area (Å²) >= 11 is 0. The maximum absolute atomic E-state index is 5.71. The van der Waals surface area contributed by atoms with Crippen molar-refractivity contribution in [2.24, 2.45) is 11.7 Å². The molecule has 4 heteroatoms. The van der Waals surface area contributed by atoms with Crippen LogP contribution in [0.4, 0.5) is 0 Å². The largest absolute Gasteiger partial charge is 0.446 e. The van der Waals surface area contributed by atoms with Crippen molar-refractivity contribution >= 4 is 0 Å². The van der Waals surface area contributed by atoms with Gasteiger partial charge in [0.2, 0.25) is 0 Å². The molecule has 0 radical (unpaired) electrons. The average Bonchev–Trinajstić information content (AvgIpc) is 2.66. The van der Waals surface area contributed by atoms with Crippen LogP contribution in [0.25, 0.3) is 0 Å². The predicted molar refractivity (Wildman–Crippen MR) is 61.1 cm³/mol. The molecule has 2 rings (SSSR count). The highest BCUT2D eigenvalue weighted by Gasteiger charge is 2.17. The van der Waals surface area contributed by atoms with Crippen LogP contribution in [0.15, 0.2) is 10.6 Å². The summed E-state index contributed by atoms with van der Waals surface area (Å²) < 4.78 is 11.0. The minimum absolute atomic E-state index is 0.129. The van der Waals surface area contributed by atoms with Crippen molar-refractivity contribution in [3.8, 4) is 0 Å². The van der Waals surface area contributed by atoms with Crippen molar-refractivity contribution in [3.63, 3.8) is 0 Å².